The average Bonchev–Trinajstić information content (AvgIpc) is 3.65. The minimum Gasteiger partial charge on any atom is -0.473 e. The van der Waals surface area contributed by atoms with E-state index in [9.17, 15) is 9.18 Å². The van der Waals surface area contributed by atoms with Crippen molar-refractivity contribution in [3.63, 3.8) is 0 Å². The summed E-state index contributed by atoms with van der Waals surface area (Å²) in [5.41, 5.74) is 0.649. The summed E-state index contributed by atoms with van der Waals surface area (Å²) in [7, 11) is 0. The molecule has 0 radical (unpaired) electrons. The third kappa shape index (κ3) is 7.29. The van der Waals surface area contributed by atoms with Crippen LogP contribution in [0.2, 0.25) is 5.02 Å². The van der Waals surface area contributed by atoms with E-state index < -0.39 is 23.0 Å². The summed E-state index contributed by atoms with van der Waals surface area (Å²) in [6, 6.07) is 15.7. The fourth-order valence-corrected chi connectivity index (χ4v) is 4.57. The minimum absolute atomic E-state index is 0.0220. The van der Waals surface area contributed by atoms with E-state index in [0.29, 0.717) is 5.82 Å². The predicted molar refractivity (Wildman–Crippen MR) is 161 cm³/mol. The summed E-state index contributed by atoms with van der Waals surface area (Å²) in [4.78, 5) is 20.1. The van der Waals surface area contributed by atoms with E-state index in [0.717, 1.165) is 17.7 Å². The van der Waals surface area contributed by atoms with Crippen LogP contribution < -0.4 is 10.3 Å². The molecule has 0 bridgehead atoms. The van der Waals surface area contributed by atoms with E-state index in [1.54, 1.807) is 29.1 Å². The third-order valence-electron chi connectivity index (χ3n) is 6.51. The minimum atomic E-state index is -0.722. The number of nitrogens with zero attached hydrogens (tertiary/aromatic N) is 5. The zero-order chi connectivity index (χ0) is 31.9. The molecule has 0 atom stereocenters. The lowest BCUT2D eigenvalue weighted by Gasteiger charge is -2.12. The maximum Gasteiger partial charge on any atom is 0.280 e. The van der Waals surface area contributed by atoms with Crippen molar-refractivity contribution in [3.8, 4) is 28.7 Å². The number of nitrogens with one attached hydrogen (secondary N) is 1. The zero-order valence-corrected chi connectivity index (χ0v) is 24.9. The van der Waals surface area contributed by atoms with Crippen molar-refractivity contribution in [2.45, 2.75) is 33.4 Å². The molecule has 230 valence electrons. The maximum absolute atomic E-state index is 15.4. The van der Waals surface area contributed by atoms with E-state index in [-0.39, 0.29) is 64.4 Å². The maximum atomic E-state index is 15.4. The van der Waals surface area contributed by atoms with Gasteiger partial charge >= 0.3 is 0 Å². The lowest BCUT2D eigenvalue weighted by atomic mass is 10.0. The molecule has 1 N–H and O–H groups in total. The molecule has 4 heterocycles. The number of hydrogen-bond donors (Lipinski definition) is 1. The second-order valence-electron chi connectivity index (χ2n) is 9.45. The van der Waals surface area contributed by atoms with Gasteiger partial charge in [-0.1, -0.05) is 43.6 Å². The summed E-state index contributed by atoms with van der Waals surface area (Å²) in [5, 5.41) is 10.8. The standard InChI is InChI=1S/C30H20ClF3N6O3.C2H6/c31-20-7-6-18(22(32)11-20)16-42-29-5-1-4-25(36-29)21-12-23(33)19(9-24(21)34)10-27-37-38-30(26-13-28(41)39-43-26)40(27)15-17-3-2-8-35-14-17;1-2/h1-9,11-14H,10,15-16H2,(H,39,41);1-2H3. The Kier molecular flexibility index (Phi) is 9.73. The number of hydrogen-bond acceptors (Lipinski definition) is 7. The molecule has 0 unspecified atom stereocenters. The third-order valence-corrected chi connectivity index (χ3v) is 6.74. The predicted octanol–water partition coefficient (Wildman–Crippen LogP) is 7.00. The van der Waals surface area contributed by atoms with Crippen molar-refractivity contribution < 1.29 is 22.4 Å². The van der Waals surface area contributed by atoms with Crippen LogP contribution in [0.15, 0.2) is 88.4 Å². The largest absolute Gasteiger partial charge is 0.473 e. The topological polar surface area (TPSA) is 112 Å². The van der Waals surface area contributed by atoms with Crippen molar-refractivity contribution >= 4 is 11.6 Å². The van der Waals surface area contributed by atoms with Crippen LogP contribution in [-0.2, 0) is 19.6 Å². The Morgan fingerprint density at radius 1 is 0.933 bits per heavy atom. The number of benzene rings is 2. The monoisotopic (exact) mass is 634 g/mol. The van der Waals surface area contributed by atoms with E-state index in [1.165, 1.54) is 36.4 Å². The normalized spacial score (nSPS) is 10.8. The van der Waals surface area contributed by atoms with Crippen molar-refractivity contribution in [1.82, 2.24) is 29.9 Å². The van der Waals surface area contributed by atoms with Crippen LogP contribution in [0.1, 0.15) is 36.4 Å². The molecular formula is C32H26ClF3N6O3. The van der Waals surface area contributed by atoms with Gasteiger partial charge in [-0.15, -0.1) is 10.2 Å². The lowest BCUT2D eigenvalue weighted by molar-refractivity contribution is 0.288. The highest BCUT2D eigenvalue weighted by atomic mass is 35.5. The molecular weight excluding hydrogens is 609 g/mol. The Bertz CT molecular complexity index is 1980. The van der Waals surface area contributed by atoms with Gasteiger partial charge in [0.25, 0.3) is 5.56 Å². The van der Waals surface area contributed by atoms with Crippen molar-refractivity contribution in [2.75, 3.05) is 0 Å². The van der Waals surface area contributed by atoms with Crippen molar-refractivity contribution in [1.29, 1.82) is 0 Å². The molecule has 0 fully saturated rings. The summed E-state index contributed by atoms with van der Waals surface area (Å²) in [6.07, 6.45) is 3.15. The summed E-state index contributed by atoms with van der Waals surface area (Å²) in [5.74, 6) is -1.18. The van der Waals surface area contributed by atoms with Gasteiger partial charge in [-0.2, -0.15) is 5.16 Å². The molecule has 0 aliphatic carbocycles. The van der Waals surface area contributed by atoms with E-state index in [1.807, 2.05) is 19.9 Å². The molecule has 0 saturated carbocycles. The Morgan fingerprint density at radius 3 is 2.49 bits per heavy atom. The first-order valence-corrected chi connectivity index (χ1v) is 14.2. The fourth-order valence-electron chi connectivity index (χ4n) is 4.41. The smallest absolute Gasteiger partial charge is 0.280 e. The molecule has 6 aromatic rings. The number of H-pyrrole nitrogens is 1. The number of halogens is 4. The summed E-state index contributed by atoms with van der Waals surface area (Å²) >= 11 is 5.79. The van der Waals surface area contributed by atoms with Gasteiger partial charge < -0.3 is 13.8 Å². The Morgan fingerprint density at radius 2 is 1.76 bits per heavy atom. The molecule has 2 aromatic carbocycles. The highest BCUT2D eigenvalue weighted by Crippen LogP contribution is 2.28. The number of ether oxygens (including phenoxy) is 1. The first-order valence-electron chi connectivity index (χ1n) is 13.9. The number of aromatic amines is 1. The van der Waals surface area contributed by atoms with Crippen LogP contribution >= 0.6 is 11.6 Å². The molecule has 0 aliphatic heterocycles. The van der Waals surface area contributed by atoms with Crippen LogP contribution in [0.5, 0.6) is 5.88 Å². The van der Waals surface area contributed by atoms with Gasteiger partial charge in [0.15, 0.2) is 0 Å². The summed E-state index contributed by atoms with van der Waals surface area (Å²) in [6.45, 7) is 4.10. The number of rotatable bonds is 9. The molecule has 6 rings (SSSR count). The molecule has 0 saturated heterocycles. The SMILES string of the molecule is CC.O=c1cc(-c2nnc(Cc3cc(F)c(-c4cccc(OCc5ccc(Cl)cc5F)n4)cc3F)n2Cc2cccnc2)o[nH]1. The van der Waals surface area contributed by atoms with Gasteiger partial charge in [-0.3, -0.25) is 9.78 Å². The molecule has 0 amide bonds. The van der Waals surface area contributed by atoms with E-state index in [2.05, 4.69) is 25.3 Å². The quantitative estimate of drug-likeness (QED) is 0.182. The van der Waals surface area contributed by atoms with Crippen LogP contribution in [0, 0.1) is 17.5 Å². The number of pyridine rings is 2. The van der Waals surface area contributed by atoms with Crippen molar-refractivity contribution in [2.24, 2.45) is 0 Å². The first kappa shape index (κ1) is 31.2. The highest BCUT2D eigenvalue weighted by molar-refractivity contribution is 6.30. The highest BCUT2D eigenvalue weighted by Gasteiger charge is 2.21. The van der Waals surface area contributed by atoms with Gasteiger partial charge in [-0.25, -0.2) is 18.2 Å². The van der Waals surface area contributed by atoms with Crippen LogP contribution in [0.25, 0.3) is 22.8 Å². The fraction of sp³-hybridized carbons (Fsp3) is 0.156. The van der Waals surface area contributed by atoms with Crippen molar-refractivity contribution in [3.05, 3.63) is 134 Å². The molecule has 0 aliphatic rings. The van der Waals surface area contributed by atoms with Gasteiger partial charge in [0.05, 0.1) is 18.3 Å². The first-order chi connectivity index (χ1) is 21.8. The molecule has 45 heavy (non-hydrogen) atoms. The molecule has 4 aromatic heterocycles. The molecule has 0 spiro atoms. The summed E-state index contributed by atoms with van der Waals surface area (Å²) < 4.78 is 57.4. The Labute approximate surface area is 260 Å². The van der Waals surface area contributed by atoms with Crippen LogP contribution in [0.3, 0.4) is 0 Å². The molecule has 9 nitrogen and oxygen atoms in total. The zero-order valence-electron chi connectivity index (χ0n) is 24.1. The van der Waals surface area contributed by atoms with Gasteiger partial charge in [-0.05, 0) is 47.5 Å². The van der Waals surface area contributed by atoms with E-state index in [4.69, 9.17) is 20.9 Å². The number of aromatic nitrogens is 6. The van der Waals surface area contributed by atoms with Crippen LogP contribution in [-0.4, -0.2) is 29.9 Å². The molecule has 13 heteroatoms. The Hall–Kier alpha value is -5.23. The van der Waals surface area contributed by atoms with Gasteiger partial charge in [0, 0.05) is 41.0 Å². The van der Waals surface area contributed by atoms with Gasteiger partial charge in [0.1, 0.15) is 29.9 Å². The lowest BCUT2D eigenvalue weighted by Crippen LogP contribution is -2.09. The van der Waals surface area contributed by atoms with Gasteiger partial charge in [0.2, 0.25) is 17.5 Å². The average molecular weight is 635 g/mol. The van der Waals surface area contributed by atoms with E-state index >= 15 is 8.78 Å². The second kappa shape index (κ2) is 14.0. The second-order valence-corrected chi connectivity index (χ2v) is 9.89. The Balaban J connectivity index is 0.00000196. The van der Waals surface area contributed by atoms with Crippen LogP contribution in [0.4, 0.5) is 13.2 Å².